The lowest BCUT2D eigenvalue weighted by atomic mass is 10.1. The van der Waals surface area contributed by atoms with Crippen LogP contribution in [0.3, 0.4) is 0 Å². The van der Waals surface area contributed by atoms with Gasteiger partial charge in [0.2, 0.25) is 0 Å². The minimum Gasteiger partial charge on any atom is -0.417 e. The van der Waals surface area contributed by atoms with Gasteiger partial charge in [-0.25, -0.2) is 4.79 Å². The molecule has 2 aromatic rings. The number of carbonyl (C=O) groups excluding carboxylic acids is 1. The number of aryl methyl sites for hydroxylation is 1. The third kappa shape index (κ3) is 2.32. The number of fused-ring (bicyclic) bond motifs is 1. The lowest BCUT2D eigenvalue weighted by Gasteiger charge is -2.26. The van der Waals surface area contributed by atoms with Crippen molar-refractivity contribution < 1.29 is 13.9 Å². The normalized spacial score (nSPS) is 15.6. The Morgan fingerprint density at radius 2 is 1.95 bits per heavy atom. The first-order valence-electron chi connectivity index (χ1n) is 6.57. The Hall–Kier alpha value is -2.14. The predicted octanol–water partition coefficient (Wildman–Crippen LogP) is 1.57. The molecule has 104 valence electrons. The smallest absolute Gasteiger partial charge is 0.344 e. The molecule has 0 radical (unpaired) electrons. The van der Waals surface area contributed by atoms with Crippen molar-refractivity contribution in [3.05, 3.63) is 46.0 Å². The highest BCUT2D eigenvalue weighted by atomic mass is 16.5. The molecule has 0 spiro atoms. The number of hydrogen-bond acceptors (Lipinski definition) is 4. The number of hydrogen-bond donors (Lipinski definition) is 0. The van der Waals surface area contributed by atoms with E-state index < -0.39 is 5.63 Å². The summed E-state index contributed by atoms with van der Waals surface area (Å²) < 4.78 is 10.4. The number of rotatable bonds is 1. The quantitative estimate of drug-likeness (QED) is 0.791. The summed E-state index contributed by atoms with van der Waals surface area (Å²) in [6.45, 7) is 3.99. The summed E-state index contributed by atoms with van der Waals surface area (Å²) in [7, 11) is 0. The average molecular weight is 273 g/mol. The molecule has 2 heterocycles. The Morgan fingerprint density at radius 3 is 2.70 bits per heavy atom. The van der Waals surface area contributed by atoms with Crippen molar-refractivity contribution in [2.24, 2.45) is 0 Å². The molecule has 20 heavy (non-hydrogen) atoms. The molecule has 0 atom stereocenters. The number of amides is 1. The van der Waals surface area contributed by atoms with Crippen LogP contribution in [0.25, 0.3) is 10.8 Å². The Balaban J connectivity index is 2.02. The topological polar surface area (TPSA) is 59.8 Å². The van der Waals surface area contributed by atoms with Gasteiger partial charge in [-0.15, -0.1) is 0 Å². The molecular formula is C15H15NO4. The fraction of sp³-hybridized carbons (Fsp3) is 0.333. The summed E-state index contributed by atoms with van der Waals surface area (Å²) >= 11 is 0. The molecule has 1 aliphatic rings. The highest BCUT2D eigenvalue weighted by Crippen LogP contribution is 2.15. The largest absolute Gasteiger partial charge is 0.417 e. The van der Waals surface area contributed by atoms with Gasteiger partial charge in [0, 0.05) is 13.1 Å². The van der Waals surface area contributed by atoms with Crippen LogP contribution in [0.2, 0.25) is 0 Å². The zero-order valence-electron chi connectivity index (χ0n) is 11.2. The zero-order valence-corrected chi connectivity index (χ0v) is 11.2. The van der Waals surface area contributed by atoms with Crippen LogP contribution >= 0.6 is 0 Å². The van der Waals surface area contributed by atoms with Gasteiger partial charge in [-0.2, -0.15) is 0 Å². The minimum absolute atomic E-state index is 0.0910. The second kappa shape index (κ2) is 5.09. The van der Waals surface area contributed by atoms with Gasteiger partial charge >= 0.3 is 5.63 Å². The zero-order chi connectivity index (χ0) is 14.1. The van der Waals surface area contributed by atoms with Crippen molar-refractivity contribution in [3.63, 3.8) is 0 Å². The Labute approximate surface area is 115 Å². The van der Waals surface area contributed by atoms with E-state index in [1.807, 2.05) is 19.1 Å². The van der Waals surface area contributed by atoms with Crippen LogP contribution in [0.4, 0.5) is 0 Å². The molecule has 1 aromatic carbocycles. The molecule has 1 aliphatic heterocycles. The maximum atomic E-state index is 12.3. The molecule has 0 bridgehead atoms. The van der Waals surface area contributed by atoms with E-state index in [0.29, 0.717) is 31.7 Å². The molecule has 1 fully saturated rings. The first-order chi connectivity index (χ1) is 9.65. The van der Waals surface area contributed by atoms with Crippen molar-refractivity contribution in [3.8, 4) is 0 Å². The fourth-order valence-corrected chi connectivity index (χ4v) is 2.33. The lowest BCUT2D eigenvalue weighted by molar-refractivity contribution is 0.0280. The molecule has 1 amide bonds. The van der Waals surface area contributed by atoms with E-state index in [2.05, 4.69) is 0 Å². The number of nitrogens with zero attached hydrogens (tertiary/aromatic N) is 1. The monoisotopic (exact) mass is 273 g/mol. The summed E-state index contributed by atoms with van der Waals surface area (Å²) in [5.41, 5.74) is 0.514. The summed E-state index contributed by atoms with van der Waals surface area (Å²) in [5.74, 6) is -0.166. The van der Waals surface area contributed by atoms with E-state index in [1.165, 1.54) is 0 Å². The van der Waals surface area contributed by atoms with Gasteiger partial charge in [-0.1, -0.05) is 17.7 Å². The minimum atomic E-state index is -0.470. The summed E-state index contributed by atoms with van der Waals surface area (Å²) in [5, 5.41) is 1.23. The number of carbonyl (C=O) groups is 1. The SMILES string of the molecule is Cc1ccc2cc(C(=O)N3CCOCC3)oc(=O)c2c1. The van der Waals surface area contributed by atoms with Gasteiger partial charge in [0.05, 0.1) is 18.6 Å². The van der Waals surface area contributed by atoms with Crippen molar-refractivity contribution in [2.75, 3.05) is 26.3 Å². The molecule has 0 unspecified atom stereocenters. The Bertz CT molecular complexity index is 713. The van der Waals surface area contributed by atoms with Gasteiger partial charge in [0.1, 0.15) is 0 Å². The van der Waals surface area contributed by atoms with Crippen molar-refractivity contribution in [2.45, 2.75) is 6.92 Å². The van der Waals surface area contributed by atoms with Gasteiger partial charge in [-0.3, -0.25) is 4.79 Å². The van der Waals surface area contributed by atoms with Crippen molar-refractivity contribution >= 4 is 16.7 Å². The highest BCUT2D eigenvalue weighted by Gasteiger charge is 2.21. The Kier molecular flexibility index (Phi) is 3.28. The van der Waals surface area contributed by atoms with Gasteiger partial charge in [-0.05, 0) is 24.4 Å². The maximum Gasteiger partial charge on any atom is 0.344 e. The maximum absolute atomic E-state index is 12.3. The van der Waals surface area contributed by atoms with Crippen LogP contribution in [0, 0.1) is 6.92 Å². The third-order valence-electron chi connectivity index (χ3n) is 3.43. The first kappa shape index (κ1) is 12.9. The number of benzene rings is 1. The third-order valence-corrected chi connectivity index (χ3v) is 3.43. The van der Waals surface area contributed by atoms with Crippen LogP contribution < -0.4 is 5.63 Å². The molecule has 3 rings (SSSR count). The second-order valence-electron chi connectivity index (χ2n) is 4.89. The van der Waals surface area contributed by atoms with Gasteiger partial charge in [0.25, 0.3) is 5.91 Å². The van der Waals surface area contributed by atoms with Crippen molar-refractivity contribution in [1.29, 1.82) is 0 Å². The molecule has 1 aromatic heterocycles. The number of ether oxygens (including phenoxy) is 1. The van der Waals surface area contributed by atoms with Crippen LogP contribution in [0.5, 0.6) is 0 Å². The molecule has 5 heteroatoms. The van der Waals surface area contributed by atoms with Crippen LogP contribution in [-0.4, -0.2) is 37.1 Å². The van der Waals surface area contributed by atoms with E-state index >= 15 is 0 Å². The van der Waals surface area contributed by atoms with E-state index in [9.17, 15) is 9.59 Å². The molecule has 1 saturated heterocycles. The van der Waals surface area contributed by atoms with Gasteiger partial charge < -0.3 is 14.1 Å². The highest BCUT2D eigenvalue weighted by molar-refractivity contribution is 5.95. The van der Waals surface area contributed by atoms with Crippen LogP contribution in [0.15, 0.2) is 33.5 Å². The predicted molar refractivity (Wildman–Crippen MR) is 73.9 cm³/mol. The van der Waals surface area contributed by atoms with E-state index in [1.54, 1.807) is 17.0 Å². The summed E-state index contributed by atoms with van der Waals surface area (Å²) in [6, 6.07) is 7.14. The molecule has 0 aliphatic carbocycles. The van der Waals surface area contributed by atoms with Crippen LogP contribution in [-0.2, 0) is 4.74 Å². The van der Waals surface area contributed by atoms with Crippen molar-refractivity contribution in [1.82, 2.24) is 4.90 Å². The molecule has 0 saturated carbocycles. The summed E-state index contributed by atoms with van der Waals surface area (Å²) in [6.07, 6.45) is 0. The van der Waals surface area contributed by atoms with E-state index in [-0.39, 0.29) is 11.7 Å². The molecular weight excluding hydrogens is 258 g/mol. The summed E-state index contributed by atoms with van der Waals surface area (Å²) in [4.78, 5) is 25.9. The fourth-order valence-electron chi connectivity index (χ4n) is 2.33. The second-order valence-corrected chi connectivity index (χ2v) is 4.89. The molecule has 0 N–H and O–H groups in total. The molecule has 5 nitrogen and oxygen atoms in total. The van der Waals surface area contributed by atoms with Gasteiger partial charge in [0.15, 0.2) is 5.76 Å². The van der Waals surface area contributed by atoms with Crippen LogP contribution in [0.1, 0.15) is 16.1 Å². The van der Waals surface area contributed by atoms with E-state index in [4.69, 9.17) is 9.15 Å². The average Bonchev–Trinajstić information content (AvgIpc) is 2.48. The van der Waals surface area contributed by atoms with E-state index in [0.717, 1.165) is 10.9 Å². The standard InChI is InChI=1S/C15H15NO4/c1-10-2-3-11-9-13(20-15(18)12(11)8-10)14(17)16-4-6-19-7-5-16/h2-3,8-9H,4-7H2,1H3. The number of morpholine rings is 1. The Morgan fingerprint density at radius 1 is 1.20 bits per heavy atom. The first-order valence-corrected chi connectivity index (χ1v) is 6.57. The lowest BCUT2D eigenvalue weighted by Crippen LogP contribution is -2.40.